The molecule has 0 saturated heterocycles. The maximum atomic E-state index is 9.15. The van der Waals surface area contributed by atoms with Gasteiger partial charge in [-0.05, 0) is 39.2 Å². The van der Waals surface area contributed by atoms with Gasteiger partial charge in [-0.15, -0.1) is 0 Å². The van der Waals surface area contributed by atoms with Crippen molar-refractivity contribution < 1.29 is 5.11 Å². The molecule has 72 valence electrons. The Morgan fingerprint density at radius 3 is 2.15 bits per heavy atom. The Morgan fingerprint density at radius 2 is 1.69 bits per heavy atom. The van der Waals surface area contributed by atoms with Gasteiger partial charge in [-0.2, -0.15) is 0 Å². The van der Waals surface area contributed by atoms with Crippen LogP contribution in [0.25, 0.3) is 0 Å². The summed E-state index contributed by atoms with van der Waals surface area (Å²) in [4.78, 5) is 0. The van der Waals surface area contributed by atoms with Crippen LogP contribution in [0, 0.1) is 13.8 Å². The number of hydrogen-bond acceptors (Lipinski definition) is 1. The van der Waals surface area contributed by atoms with Gasteiger partial charge in [0.15, 0.2) is 0 Å². The summed E-state index contributed by atoms with van der Waals surface area (Å²) < 4.78 is 0. The molecule has 0 radical (unpaired) electrons. The molecule has 0 saturated carbocycles. The largest absolute Gasteiger partial charge is 0.393 e. The molecule has 0 aliphatic carbocycles. The molecule has 1 atom stereocenters. The minimum atomic E-state index is -0.194. The van der Waals surface area contributed by atoms with Gasteiger partial charge in [-0.25, -0.2) is 0 Å². The molecule has 1 nitrogen and oxygen atoms in total. The van der Waals surface area contributed by atoms with Crippen LogP contribution < -0.4 is 0 Å². The summed E-state index contributed by atoms with van der Waals surface area (Å²) in [6.07, 6.45) is 1.63. The number of hydrogen-bond donors (Lipinski definition) is 1. The summed E-state index contributed by atoms with van der Waals surface area (Å²) >= 11 is 0. The Labute approximate surface area is 80.4 Å². The van der Waals surface area contributed by atoms with Crippen molar-refractivity contribution in [3.05, 3.63) is 34.9 Å². The number of rotatable bonds is 3. The van der Waals surface area contributed by atoms with E-state index in [4.69, 9.17) is 5.11 Å². The second-order valence-electron chi connectivity index (χ2n) is 3.88. The first kappa shape index (κ1) is 10.3. The Morgan fingerprint density at radius 1 is 1.15 bits per heavy atom. The third-order valence-electron chi connectivity index (χ3n) is 2.13. The molecule has 0 aromatic heterocycles. The number of aliphatic hydroxyl groups is 1. The minimum Gasteiger partial charge on any atom is -0.393 e. The van der Waals surface area contributed by atoms with Crippen LogP contribution in [0.3, 0.4) is 0 Å². The number of aryl methyl sites for hydroxylation is 3. The van der Waals surface area contributed by atoms with E-state index < -0.39 is 0 Å². The quantitative estimate of drug-likeness (QED) is 0.754. The molecule has 1 rings (SSSR count). The van der Waals surface area contributed by atoms with E-state index in [0.29, 0.717) is 0 Å². The van der Waals surface area contributed by atoms with E-state index in [1.54, 1.807) is 0 Å². The fourth-order valence-corrected chi connectivity index (χ4v) is 1.59. The summed E-state index contributed by atoms with van der Waals surface area (Å²) in [6.45, 7) is 6.06. The summed E-state index contributed by atoms with van der Waals surface area (Å²) in [5.41, 5.74) is 3.94. The molecule has 1 aromatic rings. The third-order valence-corrected chi connectivity index (χ3v) is 2.13. The van der Waals surface area contributed by atoms with Gasteiger partial charge >= 0.3 is 0 Å². The van der Waals surface area contributed by atoms with Gasteiger partial charge in [0, 0.05) is 0 Å². The van der Waals surface area contributed by atoms with Crippen molar-refractivity contribution in [2.75, 3.05) is 0 Å². The molecule has 0 aliphatic rings. The smallest absolute Gasteiger partial charge is 0.0515 e. The summed E-state index contributed by atoms with van der Waals surface area (Å²) in [5.74, 6) is 0. The van der Waals surface area contributed by atoms with E-state index in [0.717, 1.165) is 12.8 Å². The van der Waals surface area contributed by atoms with Crippen LogP contribution in [0.1, 0.15) is 30.0 Å². The predicted octanol–water partition coefficient (Wildman–Crippen LogP) is 2.62. The van der Waals surface area contributed by atoms with Gasteiger partial charge in [-0.1, -0.05) is 29.3 Å². The Bertz CT molecular complexity index is 256. The predicted molar refractivity (Wildman–Crippen MR) is 55.9 cm³/mol. The van der Waals surface area contributed by atoms with Crippen LogP contribution in [0.5, 0.6) is 0 Å². The van der Waals surface area contributed by atoms with Crippen LogP contribution >= 0.6 is 0 Å². The monoisotopic (exact) mass is 178 g/mol. The highest BCUT2D eigenvalue weighted by atomic mass is 16.3. The van der Waals surface area contributed by atoms with Crippen molar-refractivity contribution in [3.8, 4) is 0 Å². The van der Waals surface area contributed by atoms with Crippen LogP contribution in [-0.4, -0.2) is 11.2 Å². The Kier molecular flexibility index (Phi) is 3.49. The summed E-state index contributed by atoms with van der Waals surface area (Å²) in [6, 6.07) is 6.55. The molecule has 0 bridgehead atoms. The fourth-order valence-electron chi connectivity index (χ4n) is 1.59. The van der Waals surface area contributed by atoms with Crippen molar-refractivity contribution in [1.29, 1.82) is 0 Å². The average molecular weight is 178 g/mol. The molecular formula is C12H18O. The fraction of sp³-hybridized carbons (Fsp3) is 0.500. The number of benzene rings is 1. The molecule has 0 fully saturated rings. The van der Waals surface area contributed by atoms with Crippen molar-refractivity contribution in [2.24, 2.45) is 0 Å². The van der Waals surface area contributed by atoms with Crippen LogP contribution in [0.4, 0.5) is 0 Å². The molecule has 0 spiro atoms. The maximum absolute atomic E-state index is 9.15. The lowest BCUT2D eigenvalue weighted by molar-refractivity contribution is 0.185. The van der Waals surface area contributed by atoms with Crippen molar-refractivity contribution in [1.82, 2.24) is 0 Å². The lowest BCUT2D eigenvalue weighted by Gasteiger charge is -2.06. The van der Waals surface area contributed by atoms with Gasteiger partial charge in [-0.3, -0.25) is 0 Å². The molecular weight excluding hydrogens is 160 g/mol. The molecule has 0 aliphatic heterocycles. The third kappa shape index (κ3) is 3.60. The second kappa shape index (κ2) is 4.43. The molecule has 1 aromatic carbocycles. The van der Waals surface area contributed by atoms with Crippen molar-refractivity contribution >= 4 is 0 Å². The van der Waals surface area contributed by atoms with Crippen LogP contribution in [-0.2, 0) is 6.42 Å². The number of aliphatic hydroxyl groups excluding tert-OH is 1. The van der Waals surface area contributed by atoms with Gasteiger partial charge in [0.05, 0.1) is 6.10 Å². The first-order valence-electron chi connectivity index (χ1n) is 4.83. The first-order valence-corrected chi connectivity index (χ1v) is 4.83. The van der Waals surface area contributed by atoms with E-state index in [1.165, 1.54) is 16.7 Å². The van der Waals surface area contributed by atoms with Crippen LogP contribution in [0.15, 0.2) is 18.2 Å². The molecule has 13 heavy (non-hydrogen) atoms. The van der Waals surface area contributed by atoms with E-state index in [9.17, 15) is 0 Å². The normalized spacial score (nSPS) is 12.9. The van der Waals surface area contributed by atoms with Crippen LogP contribution in [0.2, 0.25) is 0 Å². The van der Waals surface area contributed by atoms with E-state index in [2.05, 4.69) is 32.0 Å². The average Bonchev–Trinajstić information content (AvgIpc) is 1.99. The first-order chi connectivity index (χ1) is 6.08. The molecule has 1 N–H and O–H groups in total. The lowest BCUT2D eigenvalue weighted by Crippen LogP contribution is -2.01. The lowest BCUT2D eigenvalue weighted by atomic mass is 10.0. The minimum absolute atomic E-state index is 0.194. The SMILES string of the molecule is Cc1cc(C)cc(CC[C@H](C)O)c1. The topological polar surface area (TPSA) is 20.2 Å². The van der Waals surface area contributed by atoms with Gasteiger partial charge in [0.2, 0.25) is 0 Å². The summed E-state index contributed by atoms with van der Waals surface area (Å²) in [7, 11) is 0. The Hall–Kier alpha value is -0.820. The van der Waals surface area contributed by atoms with Gasteiger partial charge < -0.3 is 5.11 Å². The Balaban J connectivity index is 2.66. The van der Waals surface area contributed by atoms with E-state index >= 15 is 0 Å². The maximum Gasteiger partial charge on any atom is 0.0515 e. The van der Waals surface area contributed by atoms with Crippen molar-refractivity contribution in [3.63, 3.8) is 0 Å². The molecule has 0 unspecified atom stereocenters. The zero-order valence-corrected chi connectivity index (χ0v) is 8.67. The van der Waals surface area contributed by atoms with Gasteiger partial charge in [0.1, 0.15) is 0 Å². The zero-order chi connectivity index (χ0) is 9.84. The molecule has 0 heterocycles. The van der Waals surface area contributed by atoms with Crippen molar-refractivity contribution in [2.45, 2.75) is 39.7 Å². The van der Waals surface area contributed by atoms with E-state index in [1.807, 2.05) is 6.92 Å². The highest BCUT2D eigenvalue weighted by molar-refractivity contribution is 5.28. The molecule has 0 amide bonds. The van der Waals surface area contributed by atoms with Gasteiger partial charge in [0.25, 0.3) is 0 Å². The zero-order valence-electron chi connectivity index (χ0n) is 8.67. The van der Waals surface area contributed by atoms with E-state index in [-0.39, 0.29) is 6.10 Å². The second-order valence-corrected chi connectivity index (χ2v) is 3.88. The standard InChI is InChI=1S/C12H18O/c1-9-6-10(2)8-12(7-9)5-4-11(3)13/h6-8,11,13H,4-5H2,1-3H3/t11-/m0/s1. The highest BCUT2D eigenvalue weighted by Gasteiger charge is 1.99. The highest BCUT2D eigenvalue weighted by Crippen LogP contribution is 2.11. The molecule has 1 heteroatoms. The summed E-state index contributed by atoms with van der Waals surface area (Å²) in [5, 5.41) is 9.15.